The number of aromatic nitrogens is 1. The zero-order valence-corrected chi connectivity index (χ0v) is 8.63. The fourth-order valence-corrected chi connectivity index (χ4v) is 2.28. The van der Waals surface area contributed by atoms with E-state index in [9.17, 15) is 4.79 Å². The summed E-state index contributed by atoms with van der Waals surface area (Å²) in [6, 6.07) is 0. The molecule has 0 amide bonds. The van der Waals surface area contributed by atoms with Crippen LogP contribution in [-0.2, 0) is 11.2 Å². The number of hydrogen-bond donors (Lipinski definition) is 1. The molecule has 0 saturated heterocycles. The fourth-order valence-electron chi connectivity index (χ4n) is 1.42. The first kappa shape index (κ1) is 9.45. The number of aliphatic carboxylic acids is 1. The molecule has 0 radical (unpaired) electrons. The molecule has 76 valence electrons. The highest BCUT2D eigenvalue weighted by molar-refractivity contribution is 7.13. The second kappa shape index (κ2) is 3.24. The van der Waals surface area contributed by atoms with Crippen molar-refractivity contribution in [3.8, 4) is 5.19 Å². The lowest BCUT2D eigenvalue weighted by Crippen LogP contribution is -2.16. The Balaban J connectivity index is 2.07. The molecule has 0 aromatic carbocycles. The van der Waals surface area contributed by atoms with Crippen LogP contribution < -0.4 is 4.74 Å². The molecule has 1 N–H and O–H groups in total. The summed E-state index contributed by atoms with van der Waals surface area (Å²) in [4.78, 5) is 15.9. The summed E-state index contributed by atoms with van der Waals surface area (Å²) < 4.78 is 4.95. The Kier molecular flexibility index (Phi) is 2.19. The minimum absolute atomic E-state index is 0.502. The van der Waals surface area contributed by atoms with Gasteiger partial charge in [-0.2, -0.15) is 0 Å². The van der Waals surface area contributed by atoms with Gasteiger partial charge in [-0.15, -0.1) is 0 Å². The molecule has 5 heteroatoms. The van der Waals surface area contributed by atoms with Crippen molar-refractivity contribution in [3.05, 3.63) is 11.1 Å². The lowest BCUT2D eigenvalue weighted by Gasteiger charge is -2.05. The van der Waals surface area contributed by atoms with Gasteiger partial charge < -0.3 is 9.84 Å². The molecule has 1 aliphatic rings. The van der Waals surface area contributed by atoms with Crippen molar-refractivity contribution in [2.45, 2.75) is 19.3 Å². The van der Waals surface area contributed by atoms with E-state index in [1.54, 1.807) is 13.3 Å². The number of ether oxygens (including phenoxy) is 1. The maximum absolute atomic E-state index is 10.9. The van der Waals surface area contributed by atoms with Gasteiger partial charge >= 0.3 is 5.97 Å². The van der Waals surface area contributed by atoms with Gasteiger partial charge in [0.25, 0.3) is 5.19 Å². The van der Waals surface area contributed by atoms with Gasteiger partial charge in [-0.05, 0) is 19.3 Å². The summed E-state index contributed by atoms with van der Waals surface area (Å²) in [6.07, 6.45) is 3.85. The molecule has 0 spiro atoms. The van der Waals surface area contributed by atoms with Crippen LogP contribution in [0, 0.1) is 5.41 Å². The molecule has 0 unspecified atom stereocenters. The maximum Gasteiger partial charge on any atom is 0.310 e. The summed E-state index contributed by atoms with van der Waals surface area (Å²) in [5, 5.41) is 9.58. The number of thiazole rings is 1. The summed E-state index contributed by atoms with van der Waals surface area (Å²) in [5.74, 6) is -0.690. The topological polar surface area (TPSA) is 59.4 Å². The van der Waals surface area contributed by atoms with Crippen molar-refractivity contribution in [1.29, 1.82) is 0 Å². The van der Waals surface area contributed by atoms with Crippen LogP contribution in [0.4, 0.5) is 0 Å². The number of carboxylic acids is 1. The summed E-state index contributed by atoms with van der Waals surface area (Å²) in [6.45, 7) is 0. The Morgan fingerprint density at radius 1 is 1.79 bits per heavy atom. The minimum atomic E-state index is -0.690. The zero-order valence-electron chi connectivity index (χ0n) is 7.82. The van der Waals surface area contributed by atoms with Crippen LogP contribution in [-0.4, -0.2) is 23.2 Å². The lowest BCUT2D eigenvalue weighted by atomic mass is 10.0. The molecule has 1 aromatic heterocycles. The molecule has 1 aromatic rings. The molecule has 14 heavy (non-hydrogen) atoms. The third kappa shape index (κ3) is 1.59. The van der Waals surface area contributed by atoms with E-state index < -0.39 is 11.4 Å². The molecule has 1 saturated carbocycles. The first-order chi connectivity index (χ1) is 6.66. The molecular weight excluding hydrogens is 202 g/mol. The van der Waals surface area contributed by atoms with Crippen molar-refractivity contribution in [1.82, 2.24) is 4.98 Å². The van der Waals surface area contributed by atoms with Gasteiger partial charge in [0.05, 0.1) is 12.5 Å². The van der Waals surface area contributed by atoms with E-state index in [4.69, 9.17) is 9.84 Å². The van der Waals surface area contributed by atoms with Crippen LogP contribution in [0.25, 0.3) is 0 Å². The fraction of sp³-hybridized carbons (Fsp3) is 0.556. The van der Waals surface area contributed by atoms with Crippen molar-refractivity contribution < 1.29 is 14.6 Å². The summed E-state index contributed by atoms with van der Waals surface area (Å²) in [5.41, 5.74) is -0.502. The highest BCUT2D eigenvalue weighted by Crippen LogP contribution is 2.49. The van der Waals surface area contributed by atoms with Crippen molar-refractivity contribution in [2.24, 2.45) is 5.41 Å². The highest BCUT2D eigenvalue weighted by Gasteiger charge is 2.50. The average molecular weight is 213 g/mol. The Morgan fingerprint density at radius 3 is 2.93 bits per heavy atom. The molecular formula is C9H11NO3S. The summed E-state index contributed by atoms with van der Waals surface area (Å²) >= 11 is 1.42. The van der Waals surface area contributed by atoms with Crippen LogP contribution >= 0.6 is 11.3 Å². The monoisotopic (exact) mass is 213 g/mol. The van der Waals surface area contributed by atoms with Crippen LogP contribution in [0.15, 0.2) is 6.20 Å². The maximum atomic E-state index is 10.9. The van der Waals surface area contributed by atoms with Gasteiger partial charge in [-0.3, -0.25) is 4.79 Å². The number of nitrogens with zero attached hydrogens (tertiary/aromatic N) is 1. The van der Waals surface area contributed by atoms with Gasteiger partial charge in [0.1, 0.15) is 0 Å². The van der Waals surface area contributed by atoms with Gasteiger partial charge in [0.15, 0.2) is 0 Å². The summed E-state index contributed by atoms with van der Waals surface area (Å²) in [7, 11) is 1.56. The van der Waals surface area contributed by atoms with Crippen LogP contribution in [0.2, 0.25) is 0 Å². The molecule has 2 rings (SSSR count). The number of rotatable bonds is 4. The second-order valence-electron chi connectivity index (χ2n) is 3.56. The van der Waals surface area contributed by atoms with Crippen molar-refractivity contribution in [2.75, 3.05) is 7.11 Å². The number of hydrogen-bond acceptors (Lipinski definition) is 4. The third-order valence-corrected chi connectivity index (χ3v) is 3.49. The van der Waals surface area contributed by atoms with Gasteiger partial charge in [0, 0.05) is 11.1 Å². The second-order valence-corrected chi connectivity index (χ2v) is 4.64. The zero-order chi connectivity index (χ0) is 10.2. The minimum Gasteiger partial charge on any atom is -0.481 e. The van der Waals surface area contributed by atoms with E-state index >= 15 is 0 Å². The number of carboxylic acid groups (broad SMARTS) is 1. The van der Waals surface area contributed by atoms with Gasteiger partial charge in [-0.25, -0.2) is 4.98 Å². The number of methoxy groups -OCH3 is 1. The Morgan fingerprint density at radius 2 is 2.50 bits per heavy atom. The quantitative estimate of drug-likeness (QED) is 0.824. The van der Waals surface area contributed by atoms with E-state index in [2.05, 4.69) is 4.98 Å². The van der Waals surface area contributed by atoms with Crippen LogP contribution in [0.1, 0.15) is 17.7 Å². The van der Waals surface area contributed by atoms with Gasteiger partial charge in [0.2, 0.25) is 0 Å². The van der Waals surface area contributed by atoms with Crippen LogP contribution in [0.3, 0.4) is 0 Å². The van der Waals surface area contributed by atoms with E-state index in [1.165, 1.54) is 11.3 Å². The molecule has 1 fully saturated rings. The highest BCUT2D eigenvalue weighted by atomic mass is 32.1. The standard InChI is InChI=1S/C9H11NO3S/c1-13-8-10-5-6(14-8)4-9(2-3-9)7(11)12/h5H,2-4H2,1H3,(H,11,12). The Hall–Kier alpha value is -1.10. The largest absolute Gasteiger partial charge is 0.481 e. The van der Waals surface area contributed by atoms with Crippen LogP contribution in [0.5, 0.6) is 5.19 Å². The Bertz CT molecular complexity index is 357. The average Bonchev–Trinajstić information content (AvgIpc) is 2.78. The predicted molar refractivity (Wildman–Crippen MR) is 51.7 cm³/mol. The predicted octanol–water partition coefficient (Wildman–Crippen LogP) is 1.56. The SMILES string of the molecule is COc1ncc(CC2(C(=O)O)CC2)s1. The van der Waals surface area contributed by atoms with Gasteiger partial charge in [-0.1, -0.05) is 11.3 Å². The molecule has 0 atom stereocenters. The molecule has 0 bridgehead atoms. The van der Waals surface area contributed by atoms with Crippen molar-refractivity contribution in [3.63, 3.8) is 0 Å². The molecule has 0 aliphatic heterocycles. The normalized spacial score (nSPS) is 17.8. The lowest BCUT2D eigenvalue weighted by molar-refractivity contribution is -0.143. The third-order valence-electron chi connectivity index (χ3n) is 2.53. The first-order valence-electron chi connectivity index (χ1n) is 4.38. The van der Waals surface area contributed by atoms with Crippen molar-refractivity contribution >= 4 is 17.3 Å². The first-order valence-corrected chi connectivity index (χ1v) is 5.20. The van der Waals surface area contributed by atoms with E-state index in [0.29, 0.717) is 11.6 Å². The molecule has 1 aliphatic carbocycles. The Labute approximate surface area is 85.5 Å². The van der Waals surface area contributed by atoms with E-state index in [-0.39, 0.29) is 0 Å². The van der Waals surface area contributed by atoms with E-state index in [1.807, 2.05) is 0 Å². The number of carbonyl (C=O) groups is 1. The molecule has 4 nitrogen and oxygen atoms in total. The molecule has 1 heterocycles. The smallest absolute Gasteiger partial charge is 0.310 e. The van der Waals surface area contributed by atoms with E-state index in [0.717, 1.165) is 17.7 Å².